The lowest BCUT2D eigenvalue weighted by molar-refractivity contribution is -0.138. The molecule has 1 heterocycles. The van der Waals surface area contributed by atoms with Crippen molar-refractivity contribution in [2.24, 2.45) is 0 Å². The van der Waals surface area contributed by atoms with Crippen LogP contribution in [0.2, 0.25) is 5.02 Å². The Morgan fingerprint density at radius 2 is 2.07 bits per heavy atom. The molecule has 28 heavy (non-hydrogen) atoms. The summed E-state index contributed by atoms with van der Waals surface area (Å²) >= 11 is 5.96. The molecule has 0 radical (unpaired) electrons. The van der Waals surface area contributed by atoms with Crippen molar-refractivity contribution in [1.29, 1.82) is 0 Å². The Balaban J connectivity index is 1.78. The number of carbonyl (C=O) groups is 1. The number of benzene rings is 2. The minimum atomic E-state index is -4.50. The molecule has 0 saturated heterocycles. The van der Waals surface area contributed by atoms with E-state index in [1.54, 1.807) is 24.3 Å². The molecule has 1 aliphatic rings. The molecule has 148 valence electrons. The van der Waals surface area contributed by atoms with E-state index in [1.165, 1.54) is 18.2 Å². The Bertz CT molecular complexity index is 912. The molecule has 2 aromatic rings. The van der Waals surface area contributed by atoms with E-state index in [1.807, 2.05) is 0 Å². The van der Waals surface area contributed by atoms with E-state index in [0.29, 0.717) is 30.0 Å². The Morgan fingerprint density at radius 1 is 1.29 bits per heavy atom. The maximum absolute atomic E-state index is 13.2. The number of rotatable bonds is 5. The summed E-state index contributed by atoms with van der Waals surface area (Å²) in [6, 6.07) is 8.83. The summed E-state index contributed by atoms with van der Waals surface area (Å²) in [5.41, 5.74) is 0.486. The van der Waals surface area contributed by atoms with Crippen LogP contribution in [0.15, 0.2) is 36.4 Å². The van der Waals surface area contributed by atoms with Gasteiger partial charge in [-0.3, -0.25) is 4.79 Å². The fourth-order valence-corrected chi connectivity index (χ4v) is 3.15. The standard InChI is InChI=1S/C20H17ClF3NO3/c21-16-3-1-2-15(20(22,23)24)14(16)7-4-12-5-8-18-17(10-12)25-11-13(28-18)6-9-19(26)27/h1-5,7-8,10,13,25H,6,9,11H2,(H,26,27). The van der Waals surface area contributed by atoms with Gasteiger partial charge < -0.3 is 15.2 Å². The molecule has 2 aromatic carbocycles. The molecule has 4 nitrogen and oxygen atoms in total. The van der Waals surface area contributed by atoms with E-state index in [0.717, 1.165) is 6.07 Å². The van der Waals surface area contributed by atoms with Crippen LogP contribution in [0.1, 0.15) is 29.5 Å². The number of anilines is 1. The summed E-state index contributed by atoms with van der Waals surface area (Å²) in [6.45, 7) is 0.455. The zero-order valence-corrected chi connectivity index (χ0v) is 15.3. The number of carboxylic acids is 1. The molecule has 1 unspecified atom stereocenters. The fourth-order valence-electron chi connectivity index (χ4n) is 2.92. The molecule has 2 N–H and O–H groups in total. The van der Waals surface area contributed by atoms with E-state index in [4.69, 9.17) is 21.4 Å². The largest absolute Gasteiger partial charge is 0.486 e. The zero-order valence-electron chi connectivity index (χ0n) is 14.6. The van der Waals surface area contributed by atoms with Crippen LogP contribution in [-0.2, 0) is 11.0 Å². The minimum Gasteiger partial charge on any atom is -0.486 e. The van der Waals surface area contributed by atoms with E-state index >= 15 is 0 Å². The molecular formula is C20H17ClF3NO3. The summed E-state index contributed by atoms with van der Waals surface area (Å²) in [6.07, 6.45) is -1.46. The maximum Gasteiger partial charge on any atom is 0.417 e. The molecule has 1 atom stereocenters. The summed E-state index contributed by atoms with van der Waals surface area (Å²) < 4.78 is 45.3. The fraction of sp³-hybridized carbons (Fsp3) is 0.250. The predicted molar refractivity (Wildman–Crippen MR) is 102 cm³/mol. The first-order valence-electron chi connectivity index (χ1n) is 8.54. The van der Waals surface area contributed by atoms with Crippen molar-refractivity contribution in [2.75, 3.05) is 11.9 Å². The van der Waals surface area contributed by atoms with Crippen LogP contribution in [0.25, 0.3) is 12.2 Å². The van der Waals surface area contributed by atoms with Crippen LogP contribution in [0.4, 0.5) is 18.9 Å². The second-order valence-corrected chi connectivity index (χ2v) is 6.75. The molecule has 0 amide bonds. The highest BCUT2D eigenvalue weighted by molar-refractivity contribution is 6.32. The number of ether oxygens (including phenoxy) is 1. The monoisotopic (exact) mass is 411 g/mol. The molecule has 0 fully saturated rings. The first-order valence-corrected chi connectivity index (χ1v) is 8.92. The van der Waals surface area contributed by atoms with Crippen LogP contribution in [0.5, 0.6) is 5.75 Å². The Kier molecular flexibility index (Phi) is 5.84. The van der Waals surface area contributed by atoms with Crippen LogP contribution >= 0.6 is 11.6 Å². The van der Waals surface area contributed by atoms with Gasteiger partial charge >= 0.3 is 12.1 Å². The summed E-state index contributed by atoms with van der Waals surface area (Å²) in [4.78, 5) is 10.7. The van der Waals surface area contributed by atoms with Gasteiger partial charge in [0.25, 0.3) is 0 Å². The van der Waals surface area contributed by atoms with Gasteiger partial charge in [0.1, 0.15) is 11.9 Å². The van der Waals surface area contributed by atoms with Gasteiger partial charge in [0.05, 0.1) is 17.8 Å². The van der Waals surface area contributed by atoms with Crippen molar-refractivity contribution in [3.63, 3.8) is 0 Å². The molecule has 8 heteroatoms. The molecule has 0 aliphatic carbocycles. The van der Waals surface area contributed by atoms with Gasteiger partial charge in [0, 0.05) is 17.0 Å². The molecular weight excluding hydrogens is 395 g/mol. The predicted octanol–water partition coefficient (Wildman–Crippen LogP) is 5.57. The quantitative estimate of drug-likeness (QED) is 0.632. The molecule has 0 spiro atoms. The number of aliphatic carboxylic acids is 1. The highest BCUT2D eigenvalue weighted by Gasteiger charge is 2.33. The molecule has 0 bridgehead atoms. The summed E-state index contributed by atoms with van der Waals surface area (Å²) in [7, 11) is 0. The van der Waals surface area contributed by atoms with Crippen molar-refractivity contribution < 1.29 is 27.8 Å². The van der Waals surface area contributed by atoms with Crippen molar-refractivity contribution in [3.05, 3.63) is 58.1 Å². The minimum absolute atomic E-state index is 0.0157. The summed E-state index contributed by atoms with van der Waals surface area (Å²) in [5.74, 6) is -0.305. The Hall–Kier alpha value is -2.67. The summed E-state index contributed by atoms with van der Waals surface area (Å²) in [5, 5.41) is 11.9. The number of hydrogen-bond donors (Lipinski definition) is 2. The number of alkyl halides is 3. The van der Waals surface area contributed by atoms with E-state index in [-0.39, 0.29) is 23.1 Å². The molecule has 3 rings (SSSR count). The lowest BCUT2D eigenvalue weighted by Gasteiger charge is -2.27. The number of fused-ring (bicyclic) bond motifs is 1. The van der Waals surface area contributed by atoms with Crippen molar-refractivity contribution in [3.8, 4) is 5.75 Å². The smallest absolute Gasteiger partial charge is 0.417 e. The van der Waals surface area contributed by atoms with E-state index < -0.39 is 17.7 Å². The molecule has 1 aliphatic heterocycles. The highest BCUT2D eigenvalue weighted by atomic mass is 35.5. The second-order valence-electron chi connectivity index (χ2n) is 6.34. The van der Waals surface area contributed by atoms with E-state index in [2.05, 4.69) is 5.32 Å². The number of carboxylic acid groups (broad SMARTS) is 1. The third-order valence-corrected chi connectivity index (χ3v) is 4.63. The highest BCUT2D eigenvalue weighted by Crippen LogP contribution is 2.36. The second kappa shape index (κ2) is 8.14. The van der Waals surface area contributed by atoms with Crippen LogP contribution < -0.4 is 10.1 Å². The van der Waals surface area contributed by atoms with Gasteiger partial charge in [-0.2, -0.15) is 13.2 Å². The normalized spacial score (nSPS) is 16.4. The van der Waals surface area contributed by atoms with E-state index in [9.17, 15) is 18.0 Å². The third-order valence-electron chi connectivity index (χ3n) is 4.30. The van der Waals surface area contributed by atoms with Crippen molar-refractivity contribution >= 4 is 35.4 Å². The van der Waals surface area contributed by atoms with Gasteiger partial charge in [-0.05, 0) is 36.2 Å². The molecule has 0 aromatic heterocycles. The Morgan fingerprint density at radius 3 is 2.79 bits per heavy atom. The first kappa shape index (κ1) is 20.1. The number of hydrogen-bond acceptors (Lipinski definition) is 3. The number of halogens is 4. The van der Waals surface area contributed by atoms with Gasteiger partial charge in [-0.25, -0.2) is 0 Å². The molecule has 0 saturated carbocycles. The Labute approximate surface area is 164 Å². The van der Waals surface area contributed by atoms with Gasteiger partial charge in [-0.15, -0.1) is 0 Å². The first-order chi connectivity index (χ1) is 13.2. The number of nitrogens with one attached hydrogen (secondary N) is 1. The van der Waals surface area contributed by atoms with Gasteiger partial charge in [-0.1, -0.05) is 35.9 Å². The van der Waals surface area contributed by atoms with Gasteiger partial charge in [0.2, 0.25) is 0 Å². The lowest BCUT2D eigenvalue weighted by atomic mass is 10.0. The van der Waals surface area contributed by atoms with Gasteiger partial charge in [0.15, 0.2) is 0 Å². The van der Waals surface area contributed by atoms with Crippen LogP contribution in [0, 0.1) is 0 Å². The third kappa shape index (κ3) is 4.78. The average molecular weight is 412 g/mol. The topological polar surface area (TPSA) is 58.6 Å². The SMILES string of the molecule is O=C(O)CCC1CNc2cc(C=Cc3c(Cl)cccc3C(F)(F)F)ccc2O1. The maximum atomic E-state index is 13.2. The van der Waals surface area contributed by atoms with Crippen LogP contribution in [0.3, 0.4) is 0 Å². The average Bonchev–Trinajstić information content (AvgIpc) is 2.64. The van der Waals surface area contributed by atoms with Crippen molar-refractivity contribution in [1.82, 2.24) is 0 Å². The van der Waals surface area contributed by atoms with Crippen molar-refractivity contribution in [2.45, 2.75) is 25.1 Å². The lowest BCUT2D eigenvalue weighted by Crippen LogP contribution is -2.31. The zero-order chi connectivity index (χ0) is 20.3. The van der Waals surface area contributed by atoms with Crippen LogP contribution in [-0.4, -0.2) is 23.7 Å².